The zero-order valence-electron chi connectivity index (χ0n) is 23.8. The van der Waals surface area contributed by atoms with Crippen LogP contribution in [0.3, 0.4) is 0 Å². The van der Waals surface area contributed by atoms with Gasteiger partial charge in [0.1, 0.15) is 16.7 Å². The minimum Gasteiger partial charge on any atom is -0.478 e. The third kappa shape index (κ3) is 7.81. The molecule has 0 unspecified atom stereocenters. The predicted molar refractivity (Wildman–Crippen MR) is 165 cm³/mol. The standard InChI is InChI=1S/C33H15N3O12/c37-31(38)25-10-7-22(28(16-25)34(43)44)4-1-19-13-20(2-5-23-8-11-26(32(39)40)17-29(23)35(45)46)15-21(14-19)3-6-24-9-12-27(33(41)42)18-30(24)36(47)48/h7-18H,(H,37,38)(H,39,40)(H,41,42). The van der Waals surface area contributed by atoms with Crippen molar-refractivity contribution in [3.8, 4) is 35.5 Å². The fourth-order valence-corrected chi connectivity index (χ4v) is 4.03. The summed E-state index contributed by atoms with van der Waals surface area (Å²) in [5.74, 6) is 11.7. The SMILES string of the molecule is O=C(O)c1ccc(C#Cc2cc(C#Cc3ccc(C(=O)O)cc3[N+](=O)[O-])cc(C#Cc3ccc(C(=O)O)cc3[N+](=O)[O-])c2)c([N+](=O)[O-])c1. The summed E-state index contributed by atoms with van der Waals surface area (Å²) in [6.45, 7) is 0. The molecule has 0 aliphatic rings. The van der Waals surface area contributed by atoms with Crippen LogP contribution in [0.2, 0.25) is 0 Å². The van der Waals surface area contributed by atoms with Gasteiger partial charge in [0.2, 0.25) is 0 Å². The number of rotatable bonds is 6. The van der Waals surface area contributed by atoms with Gasteiger partial charge in [0.15, 0.2) is 0 Å². The molecule has 0 bridgehead atoms. The first-order valence-corrected chi connectivity index (χ1v) is 13.0. The monoisotopic (exact) mass is 645 g/mol. The highest BCUT2D eigenvalue weighted by atomic mass is 16.6. The Morgan fingerprint density at radius 3 is 0.896 bits per heavy atom. The van der Waals surface area contributed by atoms with Crippen molar-refractivity contribution < 1.29 is 44.5 Å². The second kappa shape index (κ2) is 13.9. The van der Waals surface area contributed by atoms with Gasteiger partial charge in [0.25, 0.3) is 17.1 Å². The lowest BCUT2D eigenvalue weighted by Crippen LogP contribution is -2.00. The molecule has 15 nitrogen and oxygen atoms in total. The summed E-state index contributed by atoms with van der Waals surface area (Å²) in [6, 6.07) is 13.6. The summed E-state index contributed by atoms with van der Waals surface area (Å²) >= 11 is 0. The fraction of sp³-hybridized carbons (Fsp3) is 0. The number of nitro benzene ring substituents is 3. The molecule has 0 saturated heterocycles. The molecular weight excluding hydrogens is 630 g/mol. The van der Waals surface area contributed by atoms with Gasteiger partial charge in [-0.05, 0) is 54.6 Å². The number of hydrogen-bond acceptors (Lipinski definition) is 9. The Hall–Kier alpha value is -7.83. The highest BCUT2D eigenvalue weighted by molar-refractivity contribution is 5.90. The average molecular weight is 645 g/mol. The van der Waals surface area contributed by atoms with Crippen molar-refractivity contribution in [2.24, 2.45) is 0 Å². The van der Waals surface area contributed by atoms with Gasteiger partial charge < -0.3 is 15.3 Å². The van der Waals surface area contributed by atoms with Crippen LogP contribution in [0.25, 0.3) is 0 Å². The molecule has 234 valence electrons. The van der Waals surface area contributed by atoms with Crippen LogP contribution in [0.1, 0.15) is 64.5 Å². The second-order valence-corrected chi connectivity index (χ2v) is 9.43. The molecule has 48 heavy (non-hydrogen) atoms. The number of hydrogen-bond donors (Lipinski definition) is 3. The van der Waals surface area contributed by atoms with Gasteiger partial charge in [0, 0.05) is 34.9 Å². The van der Waals surface area contributed by atoms with E-state index in [1.807, 2.05) is 0 Å². The normalized spacial score (nSPS) is 9.75. The number of benzene rings is 4. The smallest absolute Gasteiger partial charge is 0.335 e. The van der Waals surface area contributed by atoms with Gasteiger partial charge in [-0.25, -0.2) is 14.4 Å². The van der Waals surface area contributed by atoms with Gasteiger partial charge in [-0.2, -0.15) is 0 Å². The summed E-state index contributed by atoms with van der Waals surface area (Å²) < 4.78 is 0. The number of carboxylic acid groups (broad SMARTS) is 3. The van der Waals surface area contributed by atoms with Gasteiger partial charge >= 0.3 is 17.9 Å². The van der Waals surface area contributed by atoms with E-state index in [1.165, 1.54) is 18.2 Å². The topological polar surface area (TPSA) is 241 Å². The van der Waals surface area contributed by atoms with Crippen LogP contribution in [0.15, 0.2) is 72.8 Å². The van der Waals surface area contributed by atoms with E-state index in [0.717, 1.165) is 54.6 Å². The second-order valence-electron chi connectivity index (χ2n) is 9.43. The first kappa shape index (κ1) is 33.1. The third-order valence-electron chi connectivity index (χ3n) is 6.28. The van der Waals surface area contributed by atoms with Crippen LogP contribution in [-0.4, -0.2) is 48.0 Å². The van der Waals surface area contributed by atoms with Crippen molar-refractivity contribution in [1.82, 2.24) is 0 Å². The summed E-state index contributed by atoms with van der Waals surface area (Å²) in [4.78, 5) is 66.1. The lowest BCUT2D eigenvalue weighted by atomic mass is 10.0. The van der Waals surface area contributed by atoms with Crippen molar-refractivity contribution in [3.05, 3.63) is 153 Å². The predicted octanol–water partition coefficient (Wildman–Crippen LogP) is 4.71. The molecule has 0 radical (unpaired) electrons. The molecule has 0 saturated carbocycles. The Bertz CT molecular complexity index is 2030. The molecule has 0 atom stereocenters. The lowest BCUT2D eigenvalue weighted by Gasteiger charge is -2.00. The van der Waals surface area contributed by atoms with E-state index < -0.39 is 49.7 Å². The van der Waals surface area contributed by atoms with Crippen molar-refractivity contribution in [1.29, 1.82) is 0 Å². The minimum absolute atomic E-state index is 0.127. The number of nitro groups is 3. The van der Waals surface area contributed by atoms with Crippen LogP contribution in [0, 0.1) is 65.9 Å². The molecule has 0 heterocycles. The Labute approximate surface area is 268 Å². The molecule has 0 aliphatic carbocycles. The highest BCUT2D eigenvalue weighted by Gasteiger charge is 2.18. The zero-order chi connectivity index (χ0) is 35.1. The Kier molecular flexibility index (Phi) is 9.55. The molecule has 4 aromatic rings. The van der Waals surface area contributed by atoms with Crippen LogP contribution in [-0.2, 0) is 0 Å². The fourth-order valence-electron chi connectivity index (χ4n) is 4.03. The largest absolute Gasteiger partial charge is 0.478 e. The zero-order valence-corrected chi connectivity index (χ0v) is 23.8. The van der Waals surface area contributed by atoms with Gasteiger partial charge in [0.05, 0.1) is 31.5 Å². The maximum Gasteiger partial charge on any atom is 0.335 e. The molecule has 0 aliphatic heterocycles. The maximum absolute atomic E-state index is 11.6. The van der Waals surface area contributed by atoms with E-state index in [-0.39, 0.29) is 50.1 Å². The van der Waals surface area contributed by atoms with E-state index in [9.17, 15) is 60.0 Å². The molecule has 0 amide bonds. The first-order valence-electron chi connectivity index (χ1n) is 13.0. The summed E-state index contributed by atoms with van der Waals surface area (Å²) in [5, 5.41) is 62.2. The van der Waals surface area contributed by atoms with Crippen LogP contribution in [0.5, 0.6) is 0 Å². The first-order chi connectivity index (χ1) is 22.7. The molecule has 0 aromatic heterocycles. The molecule has 4 aromatic carbocycles. The Morgan fingerprint density at radius 2 is 0.688 bits per heavy atom. The average Bonchev–Trinajstić information content (AvgIpc) is 3.04. The van der Waals surface area contributed by atoms with E-state index in [0.29, 0.717) is 0 Å². The van der Waals surface area contributed by atoms with Crippen molar-refractivity contribution in [2.45, 2.75) is 0 Å². The molecule has 0 spiro atoms. The van der Waals surface area contributed by atoms with Gasteiger partial charge in [-0.1, -0.05) is 35.5 Å². The van der Waals surface area contributed by atoms with Crippen LogP contribution >= 0.6 is 0 Å². The molecule has 0 fully saturated rings. The minimum atomic E-state index is -1.39. The van der Waals surface area contributed by atoms with E-state index in [1.54, 1.807) is 0 Å². The maximum atomic E-state index is 11.6. The summed E-state index contributed by atoms with van der Waals surface area (Å²) in [5.41, 5.74) is -2.63. The summed E-state index contributed by atoms with van der Waals surface area (Å²) in [6.07, 6.45) is 0. The molecular formula is C33H15N3O12. The van der Waals surface area contributed by atoms with E-state index in [2.05, 4.69) is 35.5 Å². The van der Waals surface area contributed by atoms with Crippen molar-refractivity contribution >= 4 is 35.0 Å². The van der Waals surface area contributed by atoms with Gasteiger partial charge in [-0.3, -0.25) is 30.3 Å². The van der Waals surface area contributed by atoms with Gasteiger partial charge in [-0.15, -0.1) is 0 Å². The van der Waals surface area contributed by atoms with E-state index in [4.69, 9.17) is 0 Å². The number of carboxylic acids is 3. The highest BCUT2D eigenvalue weighted by Crippen LogP contribution is 2.23. The molecule has 15 heteroatoms. The Balaban J connectivity index is 1.88. The lowest BCUT2D eigenvalue weighted by molar-refractivity contribution is -0.385. The Morgan fingerprint density at radius 1 is 0.438 bits per heavy atom. The quantitative estimate of drug-likeness (QED) is 0.147. The summed E-state index contributed by atoms with van der Waals surface area (Å²) in [7, 11) is 0. The van der Waals surface area contributed by atoms with Crippen molar-refractivity contribution in [3.63, 3.8) is 0 Å². The number of nitrogens with zero attached hydrogens (tertiary/aromatic N) is 3. The van der Waals surface area contributed by atoms with Crippen LogP contribution in [0.4, 0.5) is 17.1 Å². The number of aromatic carboxylic acids is 3. The molecule has 4 rings (SSSR count). The van der Waals surface area contributed by atoms with Crippen molar-refractivity contribution in [2.75, 3.05) is 0 Å². The van der Waals surface area contributed by atoms with E-state index >= 15 is 0 Å². The third-order valence-corrected chi connectivity index (χ3v) is 6.28. The van der Waals surface area contributed by atoms with Crippen LogP contribution < -0.4 is 0 Å². The molecule has 3 N–H and O–H groups in total. The number of carbonyl (C=O) groups is 3.